The van der Waals surface area contributed by atoms with Crippen LogP contribution in [0.15, 0.2) is 24.3 Å². The third-order valence-electron chi connectivity index (χ3n) is 5.44. The molecule has 1 spiro atoms. The number of likely N-dealkylation sites (tertiary alicyclic amines) is 2. The molecule has 132 valence electrons. The molecule has 2 aliphatic heterocycles. The van der Waals surface area contributed by atoms with E-state index in [1.165, 1.54) is 0 Å². The van der Waals surface area contributed by atoms with Crippen LogP contribution in [0.2, 0.25) is 0 Å². The highest BCUT2D eigenvalue weighted by Gasteiger charge is 2.44. The van der Waals surface area contributed by atoms with Crippen molar-refractivity contribution in [2.75, 3.05) is 40.0 Å². The lowest BCUT2D eigenvalue weighted by atomic mass is 9.77. The van der Waals surface area contributed by atoms with Gasteiger partial charge in [-0.1, -0.05) is 12.1 Å². The van der Waals surface area contributed by atoms with Gasteiger partial charge in [0.05, 0.1) is 13.8 Å². The molecule has 3 rings (SSSR count). The fraction of sp³-hybridized carbons (Fsp3) is 0.632. The molecule has 0 aromatic heterocycles. The number of carbonyl (C=O) groups is 1. The summed E-state index contributed by atoms with van der Waals surface area (Å²) in [4.78, 5) is 16.8. The first-order valence-electron chi connectivity index (χ1n) is 8.83. The van der Waals surface area contributed by atoms with E-state index in [2.05, 4.69) is 4.90 Å². The first-order valence-corrected chi connectivity index (χ1v) is 8.83. The maximum Gasteiger partial charge on any atom is 0.223 e. The summed E-state index contributed by atoms with van der Waals surface area (Å²) in [5, 5.41) is 0. The fourth-order valence-electron chi connectivity index (χ4n) is 3.99. The molecular formula is C19H27FN2O2. The Kier molecular flexibility index (Phi) is 5.39. The molecule has 0 unspecified atom stereocenters. The summed E-state index contributed by atoms with van der Waals surface area (Å²) >= 11 is 0. The van der Waals surface area contributed by atoms with E-state index >= 15 is 0 Å². The minimum atomic E-state index is -0.242. The molecule has 0 saturated carbocycles. The maximum absolute atomic E-state index is 12.5. The monoisotopic (exact) mass is 334 g/mol. The molecule has 1 amide bonds. The van der Waals surface area contributed by atoms with Crippen LogP contribution in [0.5, 0.6) is 5.75 Å². The van der Waals surface area contributed by atoms with Gasteiger partial charge < -0.3 is 14.5 Å². The van der Waals surface area contributed by atoms with Gasteiger partial charge in [0.25, 0.3) is 0 Å². The topological polar surface area (TPSA) is 32.8 Å². The quantitative estimate of drug-likeness (QED) is 0.802. The number of alkyl halides is 1. The van der Waals surface area contributed by atoms with Crippen molar-refractivity contribution < 1.29 is 13.9 Å². The number of methoxy groups -OCH3 is 1. The van der Waals surface area contributed by atoms with Gasteiger partial charge in [-0.3, -0.25) is 9.18 Å². The number of nitrogens with zero attached hydrogens (tertiary/aromatic N) is 2. The number of benzene rings is 1. The van der Waals surface area contributed by atoms with E-state index in [1.54, 1.807) is 7.11 Å². The lowest BCUT2D eigenvalue weighted by molar-refractivity contribution is -0.128. The van der Waals surface area contributed by atoms with Gasteiger partial charge in [-0.05, 0) is 55.5 Å². The van der Waals surface area contributed by atoms with E-state index in [4.69, 9.17) is 4.74 Å². The average molecular weight is 334 g/mol. The standard InChI is InChI=1S/C19H27FN2O2/c1-24-17-5-2-4-16(12-17)14-22-15-19(13-18(22)23)6-10-21(11-7-19)9-3-8-20/h2,4-5,12H,3,6-11,13-15H2,1H3. The maximum atomic E-state index is 12.5. The lowest BCUT2D eigenvalue weighted by Gasteiger charge is -2.38. The van der Waals surface area contributed by atoms with Crippen molar-refractivity contribution >= 4 is 5.91 Å². The van der Waals surface area contributed by atoms with Gasteiger partial charge in [0.2, 0.25) is 5.91 Å². The van der Waals surface area contributed by atoms with E-state index in [-0.39, 0.29) is 18.0 Å². The number of piperidine rings is 1. The molecule has 2 fully saturated rings. The highest BCUT2D eigenvalue weighted by atomic mass is 19.1. The van der Waals surface area contributed by atoms with Crippen molar-refractivity contribution in [2.45, 2.75) is 32.2 Å². The van der Waals surface area contributed by atoms with Crippen LogP contribution >= 0.6 is 0 Å². The van der Waals surface area contributed by atoms with Gasteiger partial charge in [-0.25, -0.2) is 0 Å². The van der Waals surface area contributed by atoms with E-state index in [0.29, 0.717) is 19.4 Å². The van der Waals surface area contributed by atoms with Crippen molar-refractivity contribution in [3.8, 4) is 5.75 Å². The Morgan fingerprint density at radius 2 is 2.08 bits per heavy atom. The van der Waals surface area contributed by atoms with Crippen molar-refractivity contribution in [2.24, 2.45) is 5.41 Å². The molecule has 2 aliphatic rings. The van der Waals surface area contributed by atoms with Gasteiger partial charge in [0, 0.05) is 26.1 Å². The zero-order chi connectivity index (χ0) is 17.0. The molecule has 0 bridgehead atoms. The van der Waals surface area contributed by atoms with Crippen LogP contribution < -0.4 is 4.74 Å². The summed E-state index contributed by atoms with van der Waals surface area (Å²) in [6.45, 7) is 4.08. The summed E-state index contributed by atoms with van der Waals surface area (Å²) in [6.07, 6.45) is 3.36. The summed E-state index contributed by atoms with van der Waals surface area (Å²) in [5.41, 5.74) is 1.24. The largest absolute Gasteiger partial charge is 0.497 e. The van der Waals surface area contributed by atoms with Crippen molar-refractivity contribution in [1.82, 2.24) is 9.80 Å². The number of hydrogen-bond acceptors (Lipinski definition) is 3. The van der Waals surface area contributed by atoms with Crippen molar-refractivity contribution in [1.29, 1.82) is 0 Å². The van der Waals surface area contributed by atoms with Gasteiger partial charge in [0.15, 0.2) is 0 Å². The second-order valence-corrected chi connectivity index (χ2v) is 7.16. The van der Waals surface area contributed by atoms with E-state index in [9.17, 15) is 9.18 Å². The van der Waals surface area contributed by atoms with Crippen LogP contribution in [-0.4, -0.2) is 55.7 Å². The highest BCUT2D eigenvalue weighted by molar-refractivity contribution is 5.79. The molecule has 0 atom stereocenters. The van der Waals surface area contributed by atoms with Crippen LogP contribution in [0, 0.1) is 5.41 Å². The average Bonchev–Trinajstić information content (AvgIpc) is 2.90. The Morgan fingerprint density at radius 1 is 1.29 bits per heavy atom. The molecule has 0 aliphatic carbocycles. The van der Waals surface area contributed by atoms with Crippen LogP contribution in [-0.2, 0) is 11.3 Å². The Morgan fingerprint density at radius 3 is 2.79 bits per heavy atom. The molecule has 0 radical (unpaired) electrons. The number of halogens is 1. The zero-order valence-electron chi connectivity index (χ0n) is 14.5. The lowest BCUT2D eigenvalue weighted by Crippen LogP contribution is -2.41. The number of hydrogen-bond donors (Lipinski definition) is 0. The number of rotatable bonds is 6. The minimum Gasteiger partial charge on any atom is -0.497 e. The van der Waals surface area contributed by atoms with Gasteiger partial charge in [0.1, 0.15) is 5.75 Å². The van der Waals surface area contributed by atoms with Gasteiger partial charge in [-0.2, -0.15) is 0 Å². The first kappa shape index (κ1) is 17.2. The predicted molar refractivity (Wildman–Crippen MR) is 91.7 cm³/mol. The fourth-order valence-corrected chi connectivity index (χ4v) is 3.99. The Balaban J connectivity index is 1.58. The molecule has 2 heterocycles. The van der Waals surface area contributed by atoms with Gasteiger partial charge >= 0.3 is 0 Å². The van der Waals surface area contributed by atoms with E-state index in [0.717, 1.165) is 50.3 Å². The van der Waals surface area contributed by atoms with Gasteiger partial charge in [-0.15, -0.1) is 0 Å². The Bertz CT molecular complexity index is 570. The molecule has 4 nitrogen and oxygen atoms in total. The Labute approximate surface area is 143 Å². The summed E-state index contributed by atoms with van der Waals surface area (Å²) in [6, 6.07) is 7.93. The second-order valence-electron chi connectivity index (χ2n) is 7.16. The minimum absolute atomic E-state index is 0.127. The smallest absolute Gasteiger partial charge is 0.223 e. The highest BCUT2D eigenvalue weighted by Crippen LogP contribution is 2.41. The molecule has 2 saturated heterocycles. The zero-order valence-corrected chi connectivity index (χ0v) is 14.5. The summed E-state index contributed by atoms with van der Waals surface area (Å²) < 4.78 is 17.6. The molecule has 24 heavy (non-hydrogen) atoms. The number of ether oxygens (including phenoxy) is 1. The van der Waals surface area contributed by atoms with Crippen LogP contribution in [0.4, 0.5) is 4.39 Å². The van der Waals surface area contributed by atoms with Crippen molar-refractivity contribution in [3.05, 3.63) is 29.8 Å². The normalized spacial score (nSPS) is 20.8. The molecule has 5 heteroatoms. The second kappa shape index (κ2) is 7.51. The molecular weight excluding hydrogens is 307 g/mol. The molecule has 0 N–H and O–H groups in total. The Hall–Kier alpha value is -1.62. The van der Waals surface area contributed by atoms with Crippen LogP contribution in [0.3, 0.4) is 0 Å². The third-order valence-corrected chi connectivity index (χ3v) is 5.44. The SMILES string of the molecule is COc1cccc(CN2CC3(CCN(CCCF)CC3)CC2=O)c1. The van der Waals surface area contributed by atoms with Crippen molar-refractivity contribution in [3.63, 3.8) is 0 Å². The third kappa shape index (κ3) is 3.89. The molecule has 1 aromatic carbocycles. The summed E-state index contributed by atoms with van der Waals surface area (Å²) in [5.74, 6) is 1.09. The van der Waals surface area contributed by atoms with E-state index < -0.39 is 0 Å². The first-order chi connectivity index (χ1) is 11.6. The van der Waals surface area contributed by atoms with E-state index in [1.807, 2.05) is 29.2 Å². The number of carbonyl (C=O) groups excluding carboxylic acids is 1. The van der Waals surface area contributed by atoms with Crippen LogP contribution in [0.25, 0.3) is 0 Å². The summed E-state index contributed by atoms with van der Waals surface area (Å²) in [7, 11) is 1.66. The predicted octanol–water partition coefficient (Wildman–Crippen LogP) is 2.87. The molecule has 1 aromatic rings. The van der Waals surface area contributed by atoms with Crippen LogP contribution in [0.1, 0.15) is 31.2 Å². The number of amides is 1.